The van der Waals surface area contributed by atoms with Crippen molar-refractivity contribution in [2.45, 2.75) is 20.4 Å². The van der Waals surface area contributed by atoms with Gasteiger partial charge in [0.15, 0.2) is 5.78 Å². The molecule has 3 rings (SSSR count). The van der Waals surface area contributed by atoms with Crippen LogP contribution in [0.4, 0.5) is 10.1 Å². The molecule has 8 heteroatoms. The lowest BCUT2D eigenvalue weighted by Gasteiger charge is -2.24. The molecule has 0 fully saturated rings. The van der Waals surface area contributed by atoms with Gasteiger partial charge in [-0.2, -0.15) is 5.10 Å². The Balaban J connectivity index is 2.06. The maximum Gasteiger partial charge on any atom is 0.235 e. The van der Waals surface area contributed by atoms with Crippen LogP contribution in [0.5, 0.6) is 0 Å². The van der Waals surface area contributed by atoms with Crippen molar-refractivity contribution in [3.05, 3.63) is 59.5 Å². The van der Waals surface area contributed by atoms with Crippen molar-refractivity contribution in [1.82, 2.24) is 9.78 Å². The van der Waals surface area contributed by atoms with Crippen LogP contribution in [0.25, 0.3) is 10.9 Å². The van der Waals surface area contributed by atoms with E-state index in [0.717, 1.165) is 17.0 Å². The smallest absolute Gasteiger partial charge is 0.235 e. The summed E-state index contributed by atoms with van der Waals surface area (Å²) in [5, 5.41) is 5.04. The van der Waals surface area contributed by atoms with E-state index in [-0.39, 0.29) is 29.2 Å². The molecule has 0 spiro atoms. The molecule has 0 atom stereocenters. The van der Waals surface area contributed by atoms with Gasteiger partial charge in [-0.1, -0.05) is 12.1 Å². The predicted octanol–water partition coefficient (Wildman–Crippen LogP) is 3.27. The van der Waals surface area contributed by atoms with E-state index in [0.29, 0.717) is 5.69 Å². The fraction of sp³-hybridized carbons (Fsp3) is 0.263. The molecule has 1 aromatic heterocycles. The highest BCUT2D eigenvalue weighted by Crippen LogP contribution is 2.27. The number of rotatable bonds is 6. The number of carbonyl (C=O) groups is 1. The van der Waals surface area contributed by atoms with Crippen molar-refractivity contribution in [3.63, 3.8) is 0 Å². The van der Waals surface area contributed by atoms with Crippen molar-refractivity contribution in [3.8, 4) is 0 Å². The Bertz CT molecular complexity index is 1120. The summed E-state index contributed by atoms with van der Waals surface area (Å²) in [6.07, 6.45) is 1.69. The van der Waals surface area contributed by atoms with E-state index in [1.807, 2.05) is 0 Å². The van der Waals surface area contributed by atoms with E-state index < -0.39 is 15.8 Å². The Morgan fingerprint density at radius 1 is 1.22 bits per heavy atom. The number of carbonyl (C=O) groups excluding carboxylic acids is 1. The molecule has 6 nitrogen and oxygen atoms in total. The fourth-order valence-electron chi connectivity index (χ4n) is 2.84. The number of aromatic nitrogens is 2. The molecular weight excluding hydrogens is 369 g/mol. The molecule has 0 amide bonds. The standard InChI is InChI=1S/C19H20FN3O3S/c1-4-27(25,26)23(12-16-6-5-14(13(2)24)9-18(16)20)17-8-7-15-11-21-22(3)19(15)10-17/h5-11H,4,12H2,1-3H3. The monoisotopic (exact) mass is 389 g/mol. The Kier molecular flexibility index (Phi) is 5.01. The van der Waals surface area contributed by atoms with Gasteiger partial charge < -0.3 is 0 Å². The number of benzene rings is 2. The van der Waals surface area contributed by atoms with E-state index in [1.165, 1.54) is 23.4 Å². The second-order valence-electron chi connectivity index (χ2n) is 6.28. The van der Waals surface area contributed by atoms with Crippen molar-refractivity contribution < 1.29 is 17.6 Å². The Hall–Kier alpha value is -2.74. The molecule has 0 unspecified atom stereocenters. The first-order valence-electron chi connectivity index (χ1n) is 8.44. The van der Waals surface area contributed by atoms with Gasteiger partial charge in [0.1, 0.15) is 5.82 Å². The number of fused-ring (bicyclic) bond motifs is 1. The first-order chi connectivity index (χ1) is 12.7. The summed E-state index contributed by atoms with van der Waals surface area (Å²) >= 11 is 0. The number of aryl methyl sites for hydroxylation is 1. The minimum Gasteiger partial charge on any atom is -0.295 e. The molecule has 3 aromatic rings. The minimum atomic E-state index is -3.65. The number of Topliss-reactive ketones (excluding diaryl/α,β-unsaturated/α-hetero) is 1. The number of ketones is 1. The second-order valence-corrected chi connectivity index (χ2v) is 8.46. The van der Waals surface area contributed by atoms with Crippen LogP contribution in [0, 0.1) is 5.82 Å². The lowest BCUT2D eigenvalue weighted by molar-refractivity contribution is 0.101. The topological polar surface area (TPSA) is 72.3 Å². The lowest BCUT2D eigenvalue weighted by Crippen LogP contribution is -2.32. The van der Waals surface area contributed by atoms with Crippen LogP contribution in [0.3, 0.4) is 0 Å². The zero-order valence-electron chi connectivity index (χ0n) is 15.3. The summed E-state index contributed by atoms with van der Waals surface area (Å²) in [7, 11) is -1.88. The van der Waals surface area contributed by atoms with E-state index in [2.05, 4.69) is 5.10 Å². The Labute approximate surface area is 157 Å². The van der Waals surface area contributed by atoms with E-state index >= 15 is 0 Å². The molecule has 0 bridgehead atoms. The van der Waals surface area contributed by atoms with Crippen LogP contribution in [0.2, 0.25) is 0 Å². The maximum atomic E-state index is 14.5. The third-order valence-corrected chi connectivity index (χ3v) is 6.24. The molecule has 142 valence electrons. The quantitative estimate of drug-likeness (QED) is 0.607. The zero-order valence-corrected chi connectivity index (χ0v) is 16.1. The molecule has 27 heavy (non-hydrogen) atoms. The largest absolute Gasteiger partial charge is 0.295 e. The van der Waals surface area contributed by atoms with Crippen LogP contribution >= 0.6 is 0 Å². The summed E-state index contributed by atoms with van der Waals surface area (Å²) < 4.78 is 42.6. The number of hydrogen-bond acceptors (Lipinski definition) is 4. The third-order valence-electron chi connectivity index (χ3n) is 4.49. The second kappa shape index (κ2) is 7.11. The van der Waals surface area contributed by atoms with Gasteiger partial charge in [-0.3, -0.25) is 13.8 Å². The number of hydrogen-bond donors (Lipinski definition) is 0. The van der Waals surface area contributed by atoms with Gasteiger partial charge in [-0.25, -0.2) is 12.8 Å². The molecule has 0 aliphatic heterocycles. The van der Waals surface area contributed by atoms with Crippen LogP contribution in [-0.2, 0) is 23.6 Å². The highest BCUT2D eigenvalue weighted by molar-refractivity contribution is 7.92. The van der Waals surface area contributed by atoms with Crippen LogP contribution in [0.1, 0.15) is 29.8 Å². The molecule has 0 saturated heterocycles. The van der Waals surface area contributed by atoms with E-state index in [1.54, 1.807) is 43.0 Å². The van der Waals surface area contributed by atoms with Crippen molar-refractivity contribution in [2.75, 3.05) is 10.1 Å². The number of halogens is 1. The van der Waals surface area contributed by atoms with Gasteiger partial charge >= 0.3 is 0 Å². The van der Waals surface area contributed by atoms with Gasteiger partial charge in [-0.15, -0.1) is 0 Å². The predicted molar refractivity (Wildman–Crippen MR) is 103 cm³/mol. The third kappa shape index (κ3) is 3.71. The normalized spacial score (nSPS) is 11.7. The number of nitrogens with zero attached hydrogens (tertiary/aromatic N) is 3. The van der Waals surface area contributed by atoms with Gasteiger partial charge in [-0.05, 0) is 38.1 Å². The summed E-state index contributed by atoms with van der Waals surface area (Å²) in [5.41, 5.74) is 1.65. The minimum absolute atomic E-state index is 0.121. The van der Waals surface area contributed by atoms with Gasteiger partial charge in [0.05, 0.1) is 29.7 Å². The zero-order chi connectivity index (χ0) is 19.8. The van der Waals surface area contributed by atoms with Crippen molar-refractivity contribution in [2.24, 2.45) is 7.05 Å². The van der Waals surface area contributed by atoms with Gasteiger partial charge in [0, 0.05) is 23.6 Å². The van der Waals surface area contributed by atoms with Crippen LogP contribution in [-0.4, -0.2) is 29.7 Å². The summed E-state index contributed by atoms with van der Waals surface area (Å²) in [4.78, 5) is 11.4. The number of sulfonamides is 1. The SMILES string of the molecule is CCS(=O)(=O)N(Cc1ccc(C(C)=O)cc1F)c1ccc2cnn(C)c2c1. The molecule has 0 radical (unpaired) electrons. The summed E-state index contributed by atoms with van der Waals surface area (Å²) in [6, 6.07) is 9.27. The first kappa shape index (κ1) is 19.0. The van der Waals surface area contributed by atoms with Gasteiger partial charge in [0.2, 0.25) is 10.0 Å². The van der Waals surface area contributed by atoms with E-state index in [4.69, 9.17) is 0 Å². The van der Waals surface area contributed by atoms with Crippen molar-refractivity contribution in [1.29, 1.82) is 0 Å². The maximum absolute atomic E-state index is 14.5. The highest BCUT2D eigenvalue weighted by atomic mass is 32.2. The fourth-order valence-corrected chi connectivity index (χ4v) is 3.93. The molecule has 0 saturated carbocycles. The first-order valence-corrected chi connectivity index (χ1v) is 10.1. The molecular formula is C19H20FN3O3S. The Morgan fingerprint density at radius 3 is 2.59 bits per heavy atom. The molecule has 0 aliphatic rings. The molecule has 0 aliphatic carbocycles. The lowest BCUT2D eigenvalue weighted by atomic mass is 10.1. The van der Waals surface area contributed by atoms with E-state index in [9.17, 15) is 17.6 Å². The average Bonchev–Trinajstić information content (AvgIpc) is 3.00. The average molecular weight is 389 g/mol. The van der Waals surface area contributed by atoms with Crippen LogP contribution < -0.4 is 4.31 Å². The summed E-state index contributed by atoms with van der Waals surface area (Å²) in [5.74, 6) is -0.982. The van der Waals surface area contributed by atoms with Crippen LogP contribution in [0.15, 0.2) is 42.6 Å². The number of anilines is 1. The molecule has 1 heterocycles. The summed E-state index contributed by atoms with van der Waals surface area (Å²) in [6.45, 7) is 2.73. The van der Waals surface area contributed by atoms with Crippen molar-refractivity contribution >= 4 is 32.4 Å². The highest BCUT2D eigenvalue weighted by Gasteiger charge is 2.23. The molecule has 2 aromatic carbocycles. The van der Waals surface area contributed by atoms with Gasteiger partial charge in [0.25, 0.3) is 0 Å². The molecule has 0 N–H and O–H groups in total. The Morgan fingerprint density at radius 2 is 1.96 bits per heavy atom.